The van der Waals surface area contributed by atoms with Crippen LogP contribution < -0.4 is 15.0 Å². The number of halogens is 6. The van der Waals surface area contributed by atoms with Crippen molar-refractivity contribution in [3.05, 3.63) is 58.1 Å². The molecule has 1 heterocycles. The van der Waals surface area contributed by atoms with Crippen LogP contribution in [0.5, 0.6) is 5.75 Å². The van der Waals surface area contributed by atoms with E-state index in [0.717, 1.165) is 48.6 Å². The van der Waals surface area contributed by atoms with Crippen LogP contribution in [0.4, 0.5) is 27.6 Å². The van der Waals surface area contributed by atoms with Gasteiger partial charge in [-0.2, -0.15) is 22.0 Å². The molecule has 0 spiro atoms. The molecule has 5 rings (SSSR count). The van der Waals surface area contributed by atoms with Gasteiger partial charge in [0.2, 0.25) is 5.91 Å². The average molecular weight is 769 g/mol. The SMILES string of the molecule is CC(C)N(C(=O)c1cc2c(cc1C(F)(F)F)OC(C)(C)C(=O)N2CCNC(=O)C(F)F)C1CCC(CCN(C(=O)Cc2ccc(Cl)cc2)C2CC2)CC1. The second-order valence-corrected chi connectivity index (χ2v) is 15.4. The standard InChI is InChI=1S/C38H46ClF5N4O5/c1-22(2)48(27-11-7-23(8-12-27)15-17-46(26-13-14-26)32(49)19-24-5-9-25(39)10-6-24)35(51)28-20-30-31(21-29(28)38(42,43)44)53-37(3,4)36(52)47(30)18-16-45-34(50)33(40)41/h5-6,9-10,20-23,26-27,33H,7-8,11-19H2,1-4H3,(H,45,50). The van der Waals surface area contributed by atoms with Gasteiger partial charge < -0.3 is 24.8 Å². The molecular formula is C38H46ClF5N4O5. The Morgan fingerprint density at radius 3 is 2.19 bits per heavy atom. The van der Waals surface area contributed by atoms with Crippen LogP contribution in [-0.2, 0) is 27.0 Å². The van der Waals surface area contributed by atoms with E-state index in [-0.39, 0.29) is 41.9 Å². The Bertz CT molecular complexity index is 1670. The molecule has 0 saturated heterocycles. The topological polar surface area (TPSA) is 99.3 Å². The van der Waals surface area contributed by atoms with Crippen LogP contribution in [0, 0.1) is 5.92 Å². The first-order chi connectivity index (χ1) is 24.9. The van der Waals surface area contributed by atoms with Gasteiger partial charge in [0.15, 0.2) is 5.60 Å². The van der Waals surface area contributed by atoms with E-state index in [9.17, 15) is 41.1 Å². The number of alkyl halides is 5. The van der Waals surface area contributed by atoms with Gasteiger partial charge in [-0.3, -0.25) is 19.2 Å². The third kappa shape index (κ3) is 9.60. The summed E-state index contributed by atoms with van der Waals surface area (Å²) in [6, 6.07) is 8.34. The zero-order valence-corrected chi connectivity index (χ0v) is 31.0. The van der Waals surface area contributed by atoms with Gasteiger partial charge >= 0.3 is 12.6 Å². The molecule has 15 heteroatoms. The summed E-state index contributed by atoms with van der Waals surface area (Å²) < 4.78 is 75.1. The van der Waals surface area contributed by atoms with E-state index in [1.807, 2.05) is 22.3 Å². The van der Waals surface area contributed by atoms with Gasteiger partial charge in [0.05, 0.1) is 23.2 Å². The summed E-state index contributed by atoms with van der Waals surface area (Å²) in [6.45, 7) is 6.04. The lowest BCUT2D eigenvalue weighted by molar-refractivity contribution is -0.138. The summed E-state index contributed by atoms with van der Waals surface area (Å²) in [5.74, 6) is -3.05. The van der Waals surface area contributed by atoms with Crippen LogP contribution in [-0.4, -0.2) is 83.2 Å². The fourth-order valence-electron chi connectivity index (χ4n) is 7.39. The molecule has 290 valence electrons. The lowest BCUT2D eigenvalue weighted by Gasteiger charge is -2.41. The molecule has 0 bridgehead atoms. The Morgan fingerprint density at radius 2 is 1.62 bits per heavy atom. The van der Waals surface area contributed by atoms with Crippen molar-refractivity contribution in [2.24, 2.45) is 5.92 Å². The highest BCUT2D eigenvalue weighted by Gasteiger charge is 2.45. The van der Waals surface area contributed by atoms with Crippen molar-refractivity contribution in [2.75, 3.05) is 24.5 Å². The maximum Gasteiger partial charge on any atom is 0.417 e. The number of carbonyl (C=O) groups is 4. The predicted molar refractivity (Wildman–Crippen MR) is 189 cm³/mol. The first-order valence-corrected chi connectivity index (χ1v) is 18.4. The highest BCUT2D eigenvalue weighted by molar-refractivity contribution is 6.30. The molecule has 2 aliphatic carbocycles. The minimum Gasteiger partial charge on any atom is -0.476 e. The van der Waals surface area contributed by atoms with Crippen molar-refractivity contribution in [1.29, 1.82) is 0 Å². The summed E-state index contributed by atoms with van der Waals surface area (Å²) in [6.07, 6.45) is -2.63. The lowest BCUT2D eigenvalue weighted by Crippen LogP contribution is -2.54. The normalized spacial score (nSPS) is 19.8. The number of hydrogen-bond donors (Lipinski definition) is 1. The van der Waals surface area contributed by atoms with E-state index in [2.05, 4.69) is 0 Å². The van der Waals surface area contributed by atoms with E-state index in [1.54, 1.807) is 26.0 Å². The molecule has 53 heavy (non-hydrogen) atoms. The number of ether oxygens (including phenoxy) is 1. The van der Waals surface area contributed by atoms with E-state index in [1.165, 1.54) is 18.7 Å². The maximum absolute atomic E-state index is 14.6. The number of amides is 4. The van der Waals surface area contributed by atoms with E-state index >= 15 is 0 Å². The number of hydrogen-bond acceptors (Lipinski definition) is 5. The summed E-state index contributed by atoms with van der Waals surface area (Å²) >= 11 is 5.99. The molecular weight excluding hydrogens is 723 g/mol. The second kappa shape index (κ2) is 16.2. The fourth-order valence-corrected chi connectivity index (χ4v) is 7.51. The van der Waals surface area contributed by atoms with Crippen molar-refractivity contribution in [3.63, 3.8) is 0 Å². The van der Waals surface area contributed by atoms with Gasteiger partial charge in [0.1, 0.15) is 5.75 Å². The van der Waals surface area contributed by atoms with Crippen molar-refractivity contribution in [1.82, 2.24) is 15.1 Å². The highest BCUT2D eigenvalue weighted by Crippen LogP contribution is 2.45. The fraction of sp³-hybridized carbons (Fsp3) is 0.579. The number of rotatable bonds is 13. The third-order valence-corrected chi connectivity index (χ3v) is 10.5. The Hall–Kier alpha value is -3.94. The Balaban J connectivity index is 1.31. The zero-order valence-electron chi connectivity index (χ0n) is 30.3. The second-order valence-electron chi connectivity index (χ2n) is 14.9. The molecule has 2 aromatic rings. The number of nitrogens with one attached hydrogen (secondary N) is 1. The number of anilines is 1. The van der Waals surface area contributed by atoms with Gasteiger partial charge in [-0.25, -0.2) is 0 Å². The quantitative estimate of drug-likeness (QED) is 0.216. The predicted octanol–water partition coefficient (Wildman–Crippen LogP) is 7.28. The first kappa shape index (κ1) is 40.2. The van der Waals surface area contributed by atoms with Gasteiger partial charge in [0.25, 0.3) is 17.7 Å². The van der Waals surface area contributed by atoms with Crippen molar-refractivity contribution in [2.45, 2.75) is 115 Å². The molecule has 2 aromatic carbocycles. The smallest absolute Gasteiger partial charge is 0.417 e. The third-order valence-electron chi connectivity index (χ3n) is 10.2. The van der Waals surface area contributed by atoms with Crippen LogP contribution >= 0.6 is 11.6 Å². The van der Waals surface area contributed by atoms with Crippen LogP contribution in [0.3, 0.4) is 0 Å². The minimum absolute atomic E-state index is 0.0674. The number of benzene rings is 2. The molecule has 9 nitrogen and oxygen atoms in total. The summed E-state index contributed by atoms with van der Waals surface area (Å²) in [5.41, 5.74) is -2.74. The largest absolute Gasteiger partial charge is 0.476 e. The molecule has 4 amide bonds. The zero-order chi connectivity index (χ0) is 38.8. The van der Waals surface area contributed by atoms with Crippen molar-refractivity contribution in [3.8, 4) is 5.75 Å². The Labute approximate surface area is 311 Å². The molecule has 2 fully saturated rings. The highest BCUT2D eigenvalue weighted by atomic mass is 35.5. The molecule has 0 atom stereocenters. The van der Waals surface area contributed by atoms with E-state index in [4.69, 9.17) is 16.3 Å². The van der Waals surface area contributed by atoms with Crippen LogP contribution in [0.1, 0.15) is 94.1 Å². The van der Waals surface area contributed by atoms with Crippen molar-refractivity contribution >= 4 is 40.9 Å². The summed E-state index contributed by atoms with van der Waals surface area (Å²) in [4.78, 5) is 56.8. The molecule has 0 aromatic heterocycles. The Morgan fingerprint density at radius 1 is 1.00 bits per heavy atom. The molecule has 2 saturated carbocycles. The minimum atomic E-state index is -4.95. The summed E-state index contributed by atoms with van der Waals surface area (Å²) in [7, 11) is 0. The number of carbonyl (C=O) groups excluding carboxylic acids is 4. The van der Waals surface area contributed by atoms with Crippen LogP contribution in [0.25, 0.3) is 0 Å². The monoisotopic (exact) mass is 768 g/mol. The Kier molecular flexibility index (Phi) is 12.3. The van der Waals surface area contributed by atoms with Crippen LogP contribution in [0.2, 0.25) is 5.02 Å². The van der Waals surface area contributed by atoms with Gasteiger partial charge in [-0.05, 0) is 108 Å². The van der Waals surface area contributed by atoms with Gasteiger partial charge in [0, 0.05) is 42.8 Å². The molecule has 3 aliphatic rings. The number of fused-ring (bicyclic) bond motifs is 1. The molecule has 0 unspecified atom stereocenters. The molecule has 0 radical (unpaired) electrons. The number of nitrogens with zero attached hydrogens (tertiary/aromatic N) is 3. The van der Waals surface area contributed by atoms with Crippen LogP contribution in [0.15, 0.2) is 36.4 Å². The lowest BCUT2D eigenvalue weighted by atomic mass is 9.82. The maximum atomic E-state index is 14.6. The first-order valence-electron chi connectivity index (χ1n) is 18.1. The molecule has 1 N–H and O–H groups in total. The average Bonchev–Trinajstić information content (AvgIpc) is 3.92. The van der Waals surface area contributed by atoms with Crippen molar-refractivity contribution < 1.29 is 45.9 Å². The molecule has 1 aliphatic heterocycles. The van der Waals surface area contributed by atoms with Gasteiger partial charge in [-0.15, -0.1) is 0 Å². The summed E-state index contributed by atoms with van der Waals surface area (Å²) in [5, 5.41) is 2.60. The van der Waals surface area contributed by atoms with E-state index < -0.39 is 59.6 Å². The van der Waals surface area contributed by atoms with Gasteiger partial charge in [-0.1, -0.05) is 23.7 Å². The van der Waals surface area contributed by atoms with E-state index in [0.29, 0.717) is 36.9 Å².